The lowest BCUT2D eigenvalue weighted by atomic mass is 9.91. The molecule has 1 aromatic rings. The zero-order chi connectivity index (χ0) is 13.4. The predicted octanol–water partition coefficient (Wildman–Crippen LogP) is 1.52. The van der Waals surface area contributed by atoms with Crippen molar-refractivity contribution in [2.24, 2.45) is 5.92 Å². The molecule has 4 nitrogen and oxygen atoms in total. The van der Waals surface area contributed by atoms with E-state index in [2.05, 4.69) is 5.32 Å². The summed E-state index contributed by atoms with van der Waals surface area (Å²) in [6.45, 7) is 4.60. The second-order valence-corrected chi connectivity index (χ2v) is 5.65. The summed E-state index contributed by atoms with van der Waals surface area (Å²) < 4.78 is 0. The number of carbonyl (C=O) groups excluding carboxylic acids is 1. The van der Waals surface area contributed by atoms with Crippen LogP contribution in [0.1, 0.15) is 28.8 Å². The van der Waals surface area contributed by atoms with Gasteiger partial charge in [-0.05, 0) is 43.4 Å². The molecule has 2 heterocycles. The van der Waals surface area contributed by atoms with Crippen molar-refractivity contribution in [1.29, 1.82) is 0 Å². The molecule has 1 aromatic carbocycles. The summed E-state index contributed by atoms with van der Waals surface area (Å²) in [5.41, 5.74) is 1.39. The molecular weight excluding hydrogens is 240 g/mol. The van der Waals surface area contributed by atoms with Gasteiger partial charge in [-0.15, -0.1) is 0 Å². The molecule has 2 N–H and O–H groups in total. The Morgan fingerprint density at radius 3 is 3.05 bits per heavy atom. The summed E-state index contributed by atoms with van der Waals surface area (Å²) in [5.74, 6) is 0.638. The summed E-state index contributed by atoms with van der Waals surface area (Å²) in [5, 5.41) is 13.3. The Morgan fingerprint density at radius 1 is 1.42 bits per heavy atom. The maximum atomic E-state index is 12.6. The molecule has 3 rings (SSSR count). The number of fused-ring (bicyclic) bond motifs is 1. The van der Waals surface area contributed by atoms with Crippen molar-refractivity contribution in [2.75, 3.05) is 19.6 Å². The number of aryl methyl sites for hydroxylation is 1. The Bertz CT molecular complexity index is 501. The number of piperidine rings is 1. The van der Waals surface area contributed by atoms with E-state index in [1.54, 1.807) is 12.1 Å². The standard InChI is InChI=1S/C15H20N2O2/c1-10-4-5-12(14(18)7-10)15(19)17-6-2-3-11-8-16-9-13(11)17/h4-5,7,11,13,16,18H,2-3,6,8-9H2,1H3. The minimum Gasteiger partial charge on any atom is -0.507 e. The van der Waals surface area contributed by atoms with Crippen LogP contribution < -0.4 is 5.32 Å². The van der Waals surface area contributed by atoms with Gasteiger partial charge in [0.2, 0.25) is 0 Å². The SMILES string of the molecule is Cc1ccc(C(=O)N2CCCC3CNCC32)c(O)c1. The van der Waals surface area contributed by atoms with Crippen LogP contribution in [0.2, 0.25) is 0 Å². The minimum atomic E-state index is -0.0316. The Hall–Kier alpha value is -1.55. The van der Waals surface area contributed by atoms with Gasteiger partial charge in [-0.1, -0.05) is 6.07 Å². The highest BCUT2D eigenvalue weighted by atomic mass is 16.3. The van der Waals surface area contributed by atoms with Gasteiger partial charge in [-0.3, -0.25) is 4.79 Å². The van der Waals surface area contributed by atoms with Crippen molar-refractivity contribution < 1.29 is 9.90 Å². The molecule has 4 heteroatoms. The van der Waals surface area contributed by atoms with Gasteiger partial charge in [0.25, 0.3) is 5.91 Å². The smallest absolute Gasteiger partial charge is 0.257 e. The summed E-state index contributed by atoms with van der Waals surface area (Å²) in [7, 11) is 0. The van der Waals surface area contributed by atoms with E-state index in [4.69, 9.17) is 0 Å². The fraction of sp³-hybridized carbons (Fsp3) is 0.533. The molecule has 2 aliphatic heterocycles. The fourth-order valence-corrected chi connectivity index (χ4v) is 3.30. The molecule has 1 amide bonds. The highest BCUT2D eigenvalue weighted by molar-refractivity contribution is 5.97. The lowest BCUT2D eigenvalue weighted by Crippen LogP contribution is -2.48. The number of hydrogen-bond donors (Lipinski definition) is 2. The summed E-state index contributed by atoms with van der Waals surface area (Å²) in [4.78, 5) is 14.6. The highest BCUT2D eigenvalue weighted by Crippen LogP contribution is 2.29. The van der Waals surface area contributed by atoms with Crippen LogP contribution >= 0.6 is 0 Å². The van der Waals surface area contributed by atoms with Crippen LogP contribution in [0.25, 0.3) is 0 Å². The van der Waals surface area contributed by atoms with Crippen molar-refractivity contribution >= 4 is 5.91 Å². The number of nitrogens with one attached hydrogen (secondary N) is 1. The van der Waals surface area contributed by atoms with E-state index in [1.807, 2.05) is 17.9 Å². The van der Waals surface area contributed by atoms with Crippen molar-refractivity contribution in [2.45, 2.75) is 25.8 Å². The van der Waals surface area contributed by atoms with E-state index in [-0.39, 0.29) is 11.7 Å². The first-order chi connectivity index (χ1) is 9.16. The van der Waals surface area contributed by atoms with Gasteiger partial charge in [-0.25, -0.2) is 0 Å². The molecule has 0 radical (unpaired) electrons. The number of rotatable bonds is 1. The Kier molecular flexibility index (Phi) is 3.19. The number of amides is 1. The number of phenols is 1. The molecule has 0 aromatic heterocycles. The van der Waals surface area contributed by atoms with Gasteiger partial charge in [-0.2, -0.15) is 0 Å². The average Bonchev–Trinajstić information content (AvgIpc) is 2.86. The monoisotopic (exact) mass is 260 g/mol. The number of phenolic OH excluding ortho intramolecular Hbond substituents is 1. The van der Waals surface area contributed by atoms with Crippen molar-refractivity contribution in [3.05, 3.63) is 29.3 Å². The summed E-state index contributed by atoms with van der Waals surface area (Å²) in [6, 6.07) is 5.56. The maximum absolute atomic E-state index is 12.6. The molecule has 2 atom stereocenters. The highest BCUT2D eigenvalue weighted by Gasteiger charge is 2.38. The van der Waals surface area contributed by atoms with Crippen molar-refractivity contribution in [3.63, 3.8) is 0 Å². The number of carbonyl (C=O) groups is 1. The van der Waals surface area contributed by atoms with Gasteiger partial charge < -0.3 is 15.3 Å². The van der Waals surface area contributed by atoms with Crippen molar-refractivity contribution in [1.82, 2.24) is 10.2 Å². The average molecular weight is 260 g/mol. The molecule has 0 saturated carbocycles. The topological polar surface area (TPSA) is 52.6 Å². The second-order valence-electron chi connectivity index (χ2n) is 5.65. The van der Waals surface area contributed by atoms with Gasteiger partial charge in [0, 0.05) is 25.7 Å². The van der Waals surface area contributed by atoms with Gasteiger partial charge in [0.15, 0.2) is 0 Å². The van der Waals surface area contributed by atoms with Gasteiger partial charge in [0.05, 0.1) is 5.56 Å². The Labute approximate surface area is 113 Å². The van der Waals surface area contributed by atoms with Crippen LogP contribution in [0.15, 0.2) is 18.2 Å². The van der Waals surface area contributed by atoms with E-state index < -0.39 is 0 Å². The third-order valence-electron chi connectivity index (χ3n) is 4.32. The normalized spacial score (nSPS) is 26.3. The van der Waals surface area contributed by atoms with Gasteiger partial charge >= 0.3 is 0 Å². The Balaban J connectivity index is 1.86. The number of likely N-dealkylation sites (tertiary alicyclic amines) is 1. The van der Waals surface area contributed by atoms with Crippen LogP contribution in [-0.2, 0) is 0 Å². The van der Waals surface area contributed by atoms with Crippen LogP contribution in [0, 0.1) is 12.8 Å². The van der Waals surface area contributed by atoms with E-state index >= 15 is 0 Å². The quantitative estimate of drug-likeness (QED) is 0.805. The zero-order valence-electron chi connectivity index (χ0n) is 11.2. The number of hydrogen-bond acceptors (Lipinski definition) is 3. The van der Waals surface area contributed by atoms with Crippen LogP contribution in [0.5, 0.6) is 5.75 Å². The number of benzene rings is 1. The lowest BCUT2D eigenvalue weighted by molar-refractivity contribution is 0.0572. The molecule has 19 heavy (non-hydrogen) atoms. The molecule has 2 aliphatic rings. The third-order valence-corrected chi connectivity index (χ3v) is 4.32. The molecule has 0 spiro atoms. The largest absolute Gasteiger partial charge is 0.507 e. The lowest BCUT2D eigenvalue weighted by Gasteiger charge is -2.37. The van der Waals surface area contributed by atoms with Crippen LogP contribution in [0.3, 0.4) is 0 Å². The van der Waals surface area contributed by atoms with E-state index in [0.717, 1.165) is 31.6 Å². The minimum absolute atomic E-state index is 0.0316. The molecule has 2 saturated heterocycles. The summed E-state index contributed by atoms with van der Waals surface area (Å²) in [6.07, 6.45) is 2.25. The summed E-state index contributed by atoms with van der Waals surface area (Å²) >= 11 is 0. The van der Waals surface area contributed by atoms with E-state index in [9.17, 15) is 9.90 Å². The first kappa shape index (κ1) is 12.5. The molecule has 2 fully saturated rings. The van der Waals surface area contributed by atoms with Crippen LogP contribution in [-0.4, -0.2) is 41.6 Å². The molecular formula is C15H20N2O2. The predicted molar refractivity (Wildman–Crippen MR) is 73.3 cm³/mol. The second kappa shape index (κ2) is 4.85. The number of aromatic hydroxyl groups is 1. The van der Waals surface area contributed by atoms with Crippen LogP contribution in [0.4, 0.5) is 0 Å². The molecule has 102 valence electrons. The first-order valence-corrected chi connectivity index (χ1v) is 6.98. The maximum Gasteiger partial charge on any atom is 0.257 e. The molecule has 0 aliphatic carbocycles. The fourth-order valence-electron chi connectivity index (χ4n) is 3.30. The van der Waals surface area contributed by atoms with Crippen molar-refractivity contribution in [3.8, 4) is 5.75 Å². The Morgan fingerprint density at radius 2 is 2.26 bits per heavy atom. The number of nitrogens with zero attached hydrogens (tertiary/aromatic N) is 1. The molecule has 2 unspecified atom stereocenters. The zero-order valence-corrected chi connectivity index (χ0v) is 11.2. The van der Waals surface area contributed by atoms with Gasteiger partial charge in [0.1, 0.15) is 5.75 Å². The van der Waals surface area contributed by atoms with E-state index in [1.165, 1.54) is 6.42 Å². The molecule has 0 bridgehead atoms. The van der Waals surface area contributed by atoms with E-state index in [0.29, 0.717) is 17.5 Å². The third kappa shape index (κ3) is 2.21. The first-order valence-electron chi connectivity index (χ1n) is 6.98.